The summed E-state index contributed by atoms with van der Waals surface area (Å²) in [5.41, 5.74) is -0.162. The van der Waals surface area contributed by atoms with Crippen LogP contribution in [0.1, 0.15) is 11.1 Å². The number of pyridine rings is 2. The number of alkyl halides is 6. The van der Waals surface area contributed by atoms with Gasteiger partial charge >= 0.3 is 12.4 Å². The normalized spacial score (nSPS) is 12.5. The van der Waals surface area contributed by atoms with E-state index in [1.807, 2.05) is 0 Å². The van der Waals surface area contributed by atoms with Crippen molar-refractivity contribution in [2.45, 2.75) is 22.7 Å². The number of hydrogen-bond acceptors (Lipinski definition) is 8. The lowest BCUT2D eigenvalue weighted by Crippen LogP contribution is -2.12. The molecule has 0 aliphatic rings. The Morgan fingerprint density at radius 1 is 0.564 bits per heavy atom. The highest BCUT2D eigenvalue weighted by atomic mass is 35.5. The highest BCUT2D eigenvalue weighted by Gasteiger charge is 2.34. The number of aromatic nitrogens is 8. The van der Waals surface area contributed by atoms with Crippen LogP contribution in [0.15, 0.2) is 120 Å². The molecular weight excluding hydrogens is 793 g/mol. The van der Waals surface area contributed by atoms with Crippen LogP contribution in [0.3, 0.4) is 0 Å². The maximum Gasteiger partial charge on any atom is 0.417 e. The van der Waals surface area contributed by atoms with Crippen LogP contribution in [0.2, 0.25) is 10.0 Å². The Balaban J connectivity index is 1.27. The molecule has 0 amide bonds. The summed E-state index contributed by atoms with van der Waals surface area (Å²) in [4.78, 5) is 16.6. The molecule has 0 aliphatic carbocycles. The van der Waals surface area contributed by atoms with Gasteiger partial charge in [-0.1, -0.05) is 47.5 Å². The molecule has 0 radical (unpaired) electrons. The van der Waals surface area contributed by atoms with Crippen LogP contribution in [-0.4, -0.2) is 47.6 Å². The van der Waals surface area contributed by atoms with E-state index in [2.05, 4.69) is 30.1 Å². The van der Waals surface area contributed by atoms with Crippen molar-refractivity contribution in [3.05, 3.63) is 131 Å². The number of benzene rings is 2. The molecule has 0 atom stereocenters. The molecule has 6 aromatic heterocycles. The highest BCUT2D eigenvalue weighted by Crippen LogP contribution is 2.39. The molecule has 0 bridgehead atoms. The lowest BCUT2D eigenvalue weighted by atomic mass is 10.0. The standard InChI is InChI=1S/C36H18Cl2F6N8O2S/c37-23-5-1-3-19(15-23)31-29(27-9-7-21(35(39,40)41)17-51(27)49-31)25-11-13-45-33(47-25)55(53,54)34-46-14-12-26(48-34)30-28-10-8-22(36(42,43)44)18-52(28)50-32(30)20-4-2-6-24(38)16-20/h1-18H. The van der Waals surface area contributed by atoms with E-state index in [1.165, 1.54) is 36.4 Å². The van der Waals surface area contributed by atoms with Crippen LogP contribution in [0.5, 0.6) is 0 Å². The van der Waals surface area contributed by atoms with Crippen molar-refractivity contribution >= 4 is 44.1 Å². The van der Waals surface area contributed by atoms with Gasteiger partial charge in [-0.15, -0.1) is 0 Å². The van der Waals surface area contributed by atoms with Gasteiger partial charge in [-0.3, -0.25) is 0 Å². The lowest BCUT2D eigenvalue weighted by Gasteiger charge is -2.09. The lowest BCUT2D eigenvalue weighted by molar-refractivity contribution is -0.138. The van der Waals surface area contributed by atoms with Crippen molar-refractivity contribution in [3.63, 3.8) is 0 Å². The van der Waals surface area contributed by atoms with Gasteiger partial charge in [0.25, 0.3) is 20.2 Å². The second-order valence-electron chi connectivity index (χ2n) is 11.9. The average molecular weight is 812 g/mol. The van der Waals surface area contributed by atoms with E-state index < -0.39 is 43.6 Å². The van der Waals surface area contributed by atoms with Gasteiger partial charge in [0.1, 0.15) is 11.4 Å². The van der Waals surface area contributed by atoms with Gasteiger partial charge in [0.15, 0.2) is 0 Å². The van der Waals surface area contributed by atoms with E-state index >= 15 is 0 Å². The maximum atomic E-state index is 14.1. The topological polar surface area (TPSA) is 120 Å². The SMILES string of the molecule is O=S(=O)(c1nccc(-c2c(-c3cccc(Cl)c3)nn3cc(C(F)(F)F)ccc23)n1)c1nccc(-c2c(-c3cccc(Cl)c3)nn3cc(C(F)(F)F)ccc23)n1. The zero-order valence-electron chi connectivity index (χ0n) is 27.2. The molecule has 8 rings (SSSR count). The Kier molecular flexibility index (Phi) is 8.62. The van der Waals surface area contributed by atoms with Crippen LogP contribution < -0.4 is 0 Å². The largest absolute Gasteiger partial charge is 0.417 e. The zero-order chi connectivity index (χ0) is 38.9. The molecule has 0 fully saturated rings. The summed E-state index contributed by atoms with van der Waals surface area (Å²) in [6.07, 6.45) is -5.46. The molecule has 19 heteroatoms. The molecule has 0 spiro atoms. The fourth-order valence-electron chi connectivity index (χ4n) is 5.91. The predicted molar refractivity (Wildman–Crippen MR) is 189 cm³/mol. The molecule has 8 aromatic rings. The Hall–Kier alpha value is -5.91. The molecule has 0 N–H and O–H groups in total. The van der Waals surface area contributed by atoms with Gasteiger partial charge in [-0.05, 0) is 60.7 Å². The predicted octanol–water partition coefficient (Wildman–Crippen LogP) is 9.41. The van der Waals surface area contributed by atoms with E-state index in [4.69, 9.17) is 23.2 Å². The van der Waals surface area contributed by atoms with Crippen molar-refractivity contribution in [1.82, 2.24) is 39.2 Å². The van der Waals surface area contributed by atoms with Crippen molar-refractivity contribution in [2.75, 3.05) is 0 Å². The first-order valence-corrected chi connectivity index (χ1v) is 17.9. The number of halogens is 8. The second kappa shape index (κ2) is 13.1. The first-order valence-electron chi connectivity index (χ1n) is 15.7. The first-order chi connectivity index (χ1) is 26.1. The fourth-order valence-corrected chi connectivity index (χ4v) is 7.30. The summed E-state index contributed by atoms with van der Waals surface area (Å²) in [6.45, 7) is 0. The number of sulfone groups is 1. The van der Waals surface area contributed by atoms with Gasteiger partial charge in [-0.25, -0.2) is 37.4 Å². The zero-order valence-corrected chi connectivity index (χ0v) is 29.5. The van der Waals surface area contributed by atoms with Crippen molar-refractivity contribution < 1.29 is 34.8 Å². The van der Waals surface area contributed by atoms with Crippen LogP contribution in [-0.2, 0) is 22.2 Å². The van der Waals surface area contributed by atoms with Crippen LogP contribution in [0.4, 0.5) is 26.3 Å². The number of rotatable bonds is 6. The van der Waals surface area contributed by atoms with E-state index in [0.29, 0.717) is 21.2 Å². The quantitative estimate of drug-likeness (QED) is 0.120. The Morgan fingerprint density at radius 3 is 1.36 bits per heavy atom. The number of fused-ring (bicyclic) bond motifs is 2. The highest BCUT2D eigenvalue weighted by molar-refractivity contribution is 7.91. The molecule has 6 heterocycles. The monoisotopic (exact) mass is 810 g/mol. The number of hydrogen-bond donors (Lipinski definition) is 0. The van der Waals surface area contributed by atoms with E-state index in [1.54, 1.807) is 36.4 Å². The summed E-state index contributed by atoms with van der Waals surface area (Å²) in [5, 5.41) is 7.90. The van der Waals surface area contributed by atoms with E-state index in [9.17, 15) is 34.8 Å². The maximum absolute atomic E-state index is 14.1. The molecule has 276 valence electrons. The molecule has 2 aromatic carbocycles. The summed E-state index contributed by atoms with van der Waals surface area (Å²) >= 11 is 12.5. The van der Waals surface area contributed by atoms with Gasteiger partial charge < -0.3 is 0 Å². The molecule has 55 heavy (non-hydrogen) atoms. The van der Waals surface area contributed by atoms with Gasteiger partial charge in [0.05, 0.1) is 44.7 Å². The van der Waals surface area contributed by atoms with Crippen molar-refractivity contribution in [2.24, 2.45) is 0 Å². The first kappa shape index (κ1) is 36.1. The molecule has 10 nitrogen and oxygen atoms in total. The molecule has 0 aliphatic heterocycles. The summed E-state index contributed by atoms with van der Waals surface area (Å²) in [6, 6.07) is 19.6. The second-order valence-corrected chi connectivity index (χ2v) is 14.5. The summed E-state index contributed by atoms with van der Waals surface area (Å²) < 4.78 is 112. The Bertz CT molecular complexity index is 2740. The minimum Gasteiger partial charge on any atom is -0.239 e. The third-order valence-electron chi connectivity index (χ3n) is 8.37. The van der Waals surface area contributed by atoms with E-state index in [-0.39, 0.29) is 44.9 Å². The van der Waals surface area contributed by atoms with Crippen molar-refractivity contribution in [3.8, 4) is 45.0 Å². The fraction of sp³-hybridized carbons (Fsp3) is 0.0556. The van der Waals surface area contributed by atoms with Crippen LogP contribution >= 0.6 is 23.2 Å². The number of nitrogens with zero attached hydrogens (tertiary/aromatic N) is 8. The van der Waals surface area contributed by atoms with E-state index in [0.717, 1.165) is 46.0 Å². The smallest absolute Gasteiger partial charge is 0.239 e. The molecule has 0 saturated heterocycles. The minimum atomic E-state index is -4.73. The van der Waals surface area contributed by atoms with Gasteiger partial charge in [0.2, 0.25) is 0 Å². The third-order valence-corrected chi connectivity index (χ3v) is 10.2. The van der Waals surface area contributed by atoms with Gasteiger partial charge in [-0.2, -0.15) is 36.5 Å². The van der Waals surface area contributed by atoms with Crippen molar-refractivity contribution in [1.29, 1.82) is 0 Å². The summed E-state index contributed by atoms with van der Waals surface area (Å²) in [7, 11) is -4.73. The molecular formula is C36H18Cl2F6N8O2S. The average Bonchev–Trinajstić information content (AvgIpc) is 3.73. The van der Waals surface area contributed by atoms with Crippen LogP contribution in [0.25, 0.3) is 56.1 Å². The minimum absolute atomic E-state index is 0.0131. The Labute approximate surface area is 315 Å². The third kappa shape index (κ3) is 6.63. The van der Waals surface area contributed by atoms with Gasteiger partial charge in [0, 0.05) is 46.0 Å². The molecule has 0 saturated carbocycles. The summed E-state index contributed by atoms with van der Waals surface area (Å²) in [5.74, 6) is 0. The molecule has 0 unspecified atom stereocenters. The van der Waals surface area contributed by atoms with Crippen LogP contribution in [0, 0.1) is 0 Å². The Morgan fingerprint density at radius 2 is 0.982 bits per heavy atom.